The second kappa shape index (κ2) is 16.3. The first-order valence-electron chi connectivity index (χ1n) is 19.4. The average molecular weight is 769 g/mol. The number of benzene rings is 1. The Hall–Kier alpha value is -6.59. The van der Waals surface area contributed by atoms with Crippen LogP contribution in [0.15, 0.2) is 55.1 Å². The molecule has 1 atom stereocenters. The Bertz CT molecular complexity index is 2360. The second-order valence-electron chi connectivity index (χ2n) is 14.9. The highest BCUT2D eigenvalue weighted by Gasteiger charge is 2.29. The van der Waals surface area contributed by atoms with Gasteiger partial charge in [0.05, 0.1) is 54.4 Å². The van der Waals surface area contributed by atoms with Crippen molar-refractivity contribution in [2.24, 2.45) is 5.92 Å². The summed E-state index contributed by atoms with van der Waals surface area (Å²) >= 11 is 0. The zero-order valence-corrected chi connectivity index (χ0v) is 32.0. The van der Waals surface area contributed by atoms with Crippen molar-refractivity contribution in [1.82, 2.24) is 45.0 Å². The molecule has 3 amide bonds. The third-order valence-corrected chi connectivity index (χ3v) is 11.3. The Balaban J connectivity index is 0.844. The molecule has 4 aromatic heterocycles. The van der Waals surface area contributed by atoms with Crippen LogP contribution in [0.3, 0.4) is 0 Å². The first-order chi connectivity index (χ1) is 27.8. The molecule has 2 aliphatic heterocycles. The molecule has 57 heavy (non-hydrogen) atoms. The van der Waals surface area contributed by atoms with Gasteiger partial charge in [-0.3, -0.25) is 19.9 Å². The maximum atomic E-state index is 12.4. The SMILES string of the molecule is COc1cc(N2CCN(CCC3CCC(c4cn(-c5cnc(-n6ncc7cc(C#N)cnc76)cc5N[C@H](C)C#N)nn4)CC3)CC2)ccc1N1CCC(=O)NC1=O. The molecule has 292 valence electrons. The van der Waals surface area contributed by atoms with E-state index in [9.17, 15) is 20.1 Å². The summed E-state index contributed by atoms with van der Waals surface area (Å²) in [5, 5.41) is 38.8. The molecule has 17 heteroatoms. The van der Waals surface area contributed by atoms with Gasteiger partial charge in [0, 0.05) is 74.5 Å². The lowest BCUT2D eigenvalue weighted by atomic mass is 9.79. The number of aromatic nitrogens is 7. The predicted octanol–water partition coefficient (Wildman–Crippen LogP) is 4.53. The first kappa shape index (κ1) is 37.3. The van der Waals surface area contributed by atoms with Crippen molar-refractivity contribution < 1.29 is 14.3 Å². The smallest absolute Gasteiger partial charge is 0.328 e. The molecular weight excluding hydrogens is 725 g/mol. The highest BCUT2D eigenvalue weighted by atomic mass is 16.5. The van der Waals surface area contributed by atoms with Crippen LogP contribution in [-0.2, 0) is 4.79 Å². The molecule has 6 heterocycles. The lowest BCUT2D eigenvalue weighted by molar-refractivity contribution is -0.120. The number of amides is 3. The summed E-state index contributed by atoms with van der Waals surface area (Å²) in [4.78, 5) is 39.6. The van der Waals surface area contributed by atoms with Gasteiger partial charge in [-0.05, 0) is 69.7 Å². The quantitative estimate of drug-likeness (QED) is 0.190. The molecule has 2 N–H and O–H groups in total. The van der Waals surface area contributed by atoms with Crippen molar-refractivity contribution in [2.45, 2.75) is 57.4 Å². The Morgan fingerprint density at radius 3 is 2.56 bits per heavy atom. The lowest BCUT2D eigenvalue weighted by Crippen LogP contribution is -2.49. The van der Waals surface area contributed by atoms with Crippen molar-refractivity contribution in [2.75, 3.05) is 61.5 Å². The number of carbonyl (C=O) groups excluding carboxylic acids is 2. The molecule has 1 saturated carbocycles. The van der Waals surface area contributed by atoms with E-state index in [1.807, 2.05) is 30.5 Å². The lowest BCUT2D eigenvalue weighted by Gasteiger charge is -2.37. The number of urea groups is 1. The van der Waals surface area contributed by atoms with Crippen LogP contribution in [0.4, 0.5) is 21.9 Å². The fraction of sp³-hybridized carbons (Fsp3) is 0.425. The number of nitriles is 2. The number of fused-ring (bicyclic) bond motifs is 1. The number of ether oxygens (including phenoxy) is 1. The number of carbonyl (C=O) groups is 2. The molecule has 0 unspecified atom stereocenters. The predicted molar refractivity (Wildman–Crippen MR) is 211 cm³/mol. The number of hydrogen-bond acceptors (Lipinski definition) is 13. The Labute approximate surface area is 329 Å². The van der Waals surface area contributed by atoms with Crippen LogP contribution >= 0.6 is 0 Å². The number of anilines is 3. The number of hydrogen-bond donors (Lipinski definition) is 2. The van der Waals surface area contributed by atoms with Crippen LogP contribution in [0.1, 0.15) is 62.6 Å². The van der Waals surface area contributed by atoms with Crippen LogP contribution in [-0.4, -0.2) is 104 Å². The summed E-state index contributed by atoms with van der Waals surface area (Å²) in [6, 6.07) is 12.9. The summed E-state index contributed by atoms with van der Waals surface area (Å²) in [6.07, 6.45) is 12.7. The van der Waals surface area contributed by atoms with Crippen LogP contribution in [0.25, 0.3) is 22.5 Å². The first-order valence-corrected chi connectivity index (χ1v) is 19.4. The molecule has 1 aliphatic carbocycles. The van der Waals surface area contributed by atoms with E-state index in [4.69, 9.17) is 4.74 Å². The van der Waals surface area contributed by atoms with Gasteiger partial charge in [-0.15, -0.1) is 5.10 Å². The summed E-state index contributed by atoms with van der Waals surface area (Å²) < 4.78 is 9.00. The summed E-state index contributed by atoms with van der Waals surface area (Å²) in [6.45, 7) is 6.99. The number of rotatable bonds is 11. The number of nitrogens with one attached hydrogen (secondary N) is 2. The van der Waals surface area contributed by atoms with Crippen molar-refractivity contribution in [3.05, 3.63) is 66.4 Å². The summed E-state index contributed by atoms with van der Waals surface area (Å²) in [7, 11) is 1.60. The highest BCUT2D eigenvalue weighted by molar-refractivity contribution is 6.06. The number of nitrogens with zero attached hydrogens (tertiary/aromatic N) is 12. The highest BCUT2D eigenvalue weighted by Crippen LogP contribution is 2.38. The van der Waals surface area contributed by atoms with Gasteiger partial charge in [-0.1, -0.05) is 5.21 Å². The molecule has 17 nitrogen and oxygen atoms in total. The maximum absolute atomic E-state index is 12.4. The second-order valence-corrected chi connectivity index (χ2v) is 14.9. The van der Waals surface area contributed by atoms with Gasteiger partial charge in [0.25, 0.3) is 0 Å². The Morgan fingerprint density at radius 1 is 0.982 bits per heavy atom. The number of imide groups is 1. The molecule has 3 fully saturated rings. The molecular formula is C40H44N14O3. The zero-order valence-electron chi connectivity index (χ0n) is 32.0. The topological polar surface area (TPSA) is 199 Å². The number of pyridine rings is 2. The largest absolute Gasteiger partial charge is 0.494 e. The third kappa shape index (κ3) is 7.92. The number of piperazine rings is 1. The van der Waals surface area contributed by atoms with Crippen molar-refractivity contribution >= 4 is 40.0 Å². The molecule has 5 aromatic rings. The van der Waals surface area contributed by atoms with E-state index < -0.39 is 12.1 Å². The molecule has 0 bridgehead atoms. The van der Waals surface area contributed by atoms with Crippen LogP contribution < -0.4 is 25.2 Å². The molecule has 0 radical (unpaired) electrons. The van der Waals surface area contributed by atoms with Crippen molar-refractivity contribution in [3.8, 4) is 29.4 Å². The third-order valence-electron chi connectivity index (χ3n) is 11.3. The molecule has 0 spiro atoms. The fourth-order valence-electron chi connectivity index (χ4n) is 8.07. The van der Waals surface area contributed by atoms with E-state index in [1.54, 1.807) is 46.8 Å². The van der Waals surface area contributed by atoms with Gasteiger partial charge in [0.1, 0.15) is 23.5 Å². The van der Waals surface area contributed by atoms with E-state index in [-0.39, 0.29) is 12.3 Å². The van der Waals surface area contributed by atoms with E-state index >= 15 is 0 Å². The van der Waals surface area contributed by atoms with Gasteiger partial charge < -0.3 is 15.0 Å². The van der Waals surface area contributed by atoms with Crippen LogP contribution in [0.2, 0.25) is 0 Å². The van der Waals surface area contributed by atoms with E-state index in [1.165, 1.54) is 12.6 Å². The zero-order chi connectivity index (χ0) is 39.5. The minimum absolute atomic E-state index is 0.258. The Morgan fingerprint density at radius 2 is 1.81 bits per heavy atom. The fourth-order valence-corrected chi connectivity index (χ4v) is 8.07. The van der Waals surface area contributed by atoms with E-state index in [2.05, 4.69) is 58.0 Å². The average Bonchev–Trinajstić information content (AvgIpc) is 3.91. The van der Waals surface area contributed by atoms with E-state index in [0.29, 0.717) is 58.2 Å². The van der Waals surface area contributed by atoms with E-state index in [0.717, 1.165) is 75.2 Å². The normalized spacial score (nSPS) is 19.5. The maximum Gasteiger partial charge on any atom is 0.328 e. The standard InChI is InChI=1S/C40H44N14O3/c1-26(20-41)46-32-19-37(54-39-30(23-45-54)17-28(21-42)22-44-39)43-24-35(32)53-25-33(48-49-53)29-5-3-27(4-6-29)9-11-50-13-15-51(16-14-50)31-7-8-34(36(18-31)57-2)52-12-10-38(55)47-40(52)56/h7-8,17-19,22-27,29H,3-6,9-16H2,1-2H3,(H,43,46)(H,47,55,56)/t26-,27?,29?/m1/s1. The summed E-state index contributed by atoms with van der Waals surface area (Å²) in [5.41, 5.74) is 5.04. The van der Waals surface area contributed by atoms with Gasteiger partial charge in [0.2, 0.25) is 5.91 Å². The van der Waals surface area contributed by atoms with Crippen LogP contribution in [0, 0.1) is 28.6 Å². The van der Waals surface area contributed by atoms with Gasteiger partial charge in [-0.2, -0.15) is 20.3 Å². The van der Waals surface area contributed by atoms with Gasteiger partial charge >= 0.3 is 6.03 Å². The minimum atomic E-state index is -0.472. The molecule has 2 saturated heterocycles. The Kier molecular flexibility index (Phi) is 10.6. The van der Waals surface area contributed by atoms with Gasteiger partial charge in [-0.25, -0.2) is 19.4 Å². The summed E-state index contributed by atoms with van der Waals surface area (Å²) in [5.74, 6) is 1.87. The molecule has 1 aromatic carbocycles. The van der Waals surface area contributed by atoms with Crippen molar-refractivity contribution in [3.63, 3.8) is 0 Å². The molecule has 8 rings (SSSR count). The molecule has 3 aliphatic rings. The number of methoxy groups -OCH3 is 1. The van der Waals surface area contributed by atoms with Gasteiger partial charge in [0.15, 0.2) is 11.5 Å². The minimum Gasteiger partial charge on any atom is -0.494 e. The van der Waals surface area contributed by atoms with Crippen LogP contribution in [0.5, 0.6) is 5.75 Å². The van der Waals surface area contributed by atoms with Crippen molar-refractivity contribution in [1.29, 1.82) is 10.5 Å². The monoisotopic (exact) mass is 768 g/mol.